The van der Waals surface area contributed by atoms with Gasteiger partial charge in [0, 0.05) is 145 Å². The molecule has 14 heterocycles. The van der Waals surface area contributed by atoms with Crippen molar-refractivity contribution in [3.8, 4) is 11.5 Å². The van der Waals surface area contributed by atoms with E-state index in [1.165, 1.54) is 30.4 Å². The number of benzene rings is 6. The van der Waals surface area contributed by atoms with Crippen LogP contribution in [0.25, 0.3) is 33.9 Å². The molecule has 8 aromatic heterocycles. The Labute approximate surface area is 801 Å². The minimum atomic E-state index is -1.22. The van der Waals surface area contributed by atoms with Crippen LogP contribution in [0.4, 0.5) is 62.7 Å². The number of aliphatic imine (C=N–C) groups is 1. The van der Waals surface area contributed by atoms with E-state index in [9.17, 15) is 24.3 Å². The number of amides is 1. The minimum Gasteiger partial charge on any atom is -0.545 e. The van der Waals surface area contributed by atoms with Gasteiger partial charge in [0.15, 0.2) is 34.9 Å². The number of piperidine rings is 4. The Balaban J connectivity index is 0.000000125. The molecule has 6 fully saturated rings. The standard InChI is InChI=1S/C24H32N8O2.C23H21ClN6O4.C23H23N7O4.C23H22N6O3.Na/c1-2-34-24(33)31-12-10-30(11-13-31)22-21-19-8-9-29(15-17-6-4-3-5-7-17)16-18(19)14-20(21)32-23(25-22)26-27-28-32;1-32-23(31)14-2-6-16(7-3-14)25-21-22(27-20-19(26-21)28-34-29-20)30-12-10-18(11-13-30)33-17-8-4-15(24)5-9-17;1-2-32-23(31)15-3-5-16(6-4-15)25-21-22(27-20-19(26-21)28-34-29-20)30-13-9-18(10-14-30)33-17-7-11-24-12-8-17;30-23(31)17-6-8-18(9-7-17)24-21-22(26-20-19(25-21)27-32-28-20)29-12-10-16(11-13-29)14-15-4-2-1-3-5-15;/h3-7,18-21H,2,8-16H2,1H3;2-9,18H,10-13H2,1H3,(H,25,26,28);3-8,11-12,18H,2,9-10,13-14H2,1H3,(H,25,26,28);1-9,16H,10-14H2,(H,30,31)(H,24,25,27);/q;;;;+1/p-1. The first-order chi connectivity index (χ1) is 65.6. The number of likely N-dealkylation sites (tertiary alicyclic amines) is 1. The third-order valence-corrected chi connectivity index (χ3v) is 25.0. The number of aromatic nitrogens is 17. The molecule has 3 N–H and O–H groups in total. The van der Waals surface area contributed by atoms with E-state index in [1.54, 1.807) is 84.9 Å². The molecule has 6 aliphatic heterocycles. The molecule has 6 aromatic carbocycles. The first-order valence-corrected chi connectivity index (χ1v) is 45.2. The van der Waals surface area contributed by atoms with Crippen LogP contribution in [-0.4, -0.2) is 242 Å². The second kappa shape index (κ2) is 43.6. The van der Waals surface area contributed by atoms with Crippen molar-refractivity contribution in [2.45, 2.75) is 96.4 Å². The van der Waals surface area contributed by atoms with Crippen molar-refractivity contribution in [1.82, 2.24) is 101 Å². The Morgan fingerprint density at radius 2 is 0.948 bits per heavy atom. The smallest absolute Gasteiger partial charge is 0.545 e. The number of aromatic carboxylic acids is 1. The van der Waals surface area contributed by atoms with Crippen LogP contribution >= 0.6 is 11.6 Å². The summed E-state index contributed by atoms with van der Waals surface area (Å²) >= 11 is 5.96. The zero-order valence-electron chi connectivity index (χ0n) is 74.8. The maximum atomic E-state index is 12.2. The third kappa shape index (κ3) is 22.7. The first-order valence-electron chi connectivity index (χ1n) is 44.8. The normalized spacial score (nSPS) is 17.8. The number of nitrogens with one attached hydrogen (secondary N) is 3. The second-order valence-corrected chi connectivity index (χ2v) is 33.7. The van der Waals surface area contributed by atoms with Gasteiger partial charge in [0.2, 0.25) is 33.9 Å². The number of ether oxygens (including phenoxy) is 5. The monoisotopic (exact) mass is 1860 g/mol. The minimum absolute atomic E-state index is 0. The summed E-state index contributed by atoms with van der Waals surface area (Å²) in [4.78, 5) is 96.6. The number of hydrogen-bond acceptors (Lipinski definition) is 38. The average Bonchev–Trinajstić information content (AvgIpc) is 1.58. The van der Waals surface area contributed by atoms with Crippen molar-refractivity contribution >= 4 is 133 Å². The van der Waals surface area contributed by atoms with Crippen LogP contribution < -0.4 is 74.8 Å². The molecule has 5 saturated heterocycles. The average molecular weight is 1860 g/mol. The predicted octanol–water partition coefficient (Wildman–Crippen LogP) is 9.39. The molecule has 135 heavy (non-hydrogen) atoms. The summed E-state index contributed by atoms with van der Waals surface area (Å²) < 4.78 is 43.5. The number of methoxy groups -OCH3 is 1. The van der Waals surface area contributed by atoms with Gasteiger partial charge in [0.1, 0.15) is 29.5 Å². The molecule has 4 unspecified atom stereocenters. The van der Waals surface area contributed by atoms with Crippen LogP contribution in [0.2, 0.25) is 5.02 Å². The van der Waals surface area contributed by atoms with Crippen molar-refractivity contribution in [2.24, 2.45) is 28.7 Å². The van der Waals surface area contributed by atoms with Gasteiger partial charge in [0.25, 0.3) is 5.95 Å². The number of nitrogens with zero attached hydrogens (tertiary/aromatic N) is 24. The Hall–Kier alpha value is -14.2. The molecule has 0 radical (unpaired) electrons. The molecule has 0 spiro atoms. The zero-order valence-corrected chi connectivity index (χ0v) is 77.5. The summed E-state index contributed by atoms with van der Waals surface area (Å²) in [5.74, 6) is 7.06. The van der Waals surface area contributed by atoms with E-state index < -0.39 is 11.9 Å². The molecule has 1 saturated carbocycles. The van der Waals surface area contributed by atoms with Crippen LogP contribution in [0.15, 0.2) is 201 Å². The van der Waals surface area contributed by atoms with Crippen LogP contribution in [0.3, 0.4) is 0 Å². The van der Waals surface area contributed by atoms with Gasteiger partial charge in [0.05, 0.1) is 43.5 Å². The summed E-state index contributed by atoms with van der Waals surface area (Å²) in [5, 5.41) is 56.9. The maximum absolute atomic E-state index is 12.2. The molecule has 4 atom stereocenters. The molecule has 14 aromatic rings. The molecule has 1 aliphatic carbocycles. The van der Waals surface area contributed by atoms with Crippen molar-refractivity contribution in [2.75, 3.05) is 130 Å². The van der Waals surface area contributed by atoms with Crippen LogP contribution in [0.1, 0.15) is 113 Å². The van der Waals surface area contributed by atoms with E-state index in [4.69, 9.17) is 54.2 Å². The predicted molar refractivity (Wildman–Crippen MR) is 491 cm³/mol. The number of pyridine rings is 1. The number of hydrogen-bond donors (Lipinski definition) is 3. The van der Waals surface area contributed by atoms with E-state index in [-0.39, 0.29) is 65.4 Å². The van der Waals surface area contributed by atoms with E-state index in [1.807, 2.05) is 54.1 Å². The quantitative estimate of drug-likeness (QED) is 0.0323. The number of esters is 2. The second-order valence-electron chi connectivity index (χ2n) is 33.2. The fourth-order valence-corrected chi connectivity index (χ4v) is 18.2. The number of anilines is 9. The van der Waals surface area contributed by atoms with Crippen LogP contribution in [0, 0.1) is 23.7 Å². The summed E-state index contributed by atoms with van der Waals surface area (Å²) in [6.45, 7) is 15.0. The number of halogens is 1. The van der Waals surface area contributed by atoms with Gasteiger partial charge in [-0.05, 0) is 225 Å². The fourth-order valence-electron chi connectivity index (χ4n) is 18.1. The number of fused-ring (bicyclic) bond motifs is 8. The van der Waals surface area contributed by atoms with Gasteiger partial charge in [-0.15, -0.1) is 0 Å². The topological polar surface area (TPSA) is 456 Å². The van der Waals surface area contributed by atoms with Gasteiger partial charge in [-0.1, -0.05) is 89.5 Å². The van der Waals surface area contributed by atoms with Crippen LogP contribution in [-0.2, 0) is 27.2 Å². The molecular weight excluding hydrogens is 1760 g/mol. The maximum Gasteiger partial charge on any atom is 1.00 e. The number of piperazine rings is 1. The number of carbonyl (C=O) groups is 4. The van der Waals surface area contributed by atoms with Crippen molar-refractivity contribution in [1.29, 1.82) is 0 Å². The molecule has 40 nitrogen and oxygen atoms in total. The fraction of sp³-hybridized carbons (Fsp3) is 0.366. The Kier molecular flexibility index (Phi) is 29.9. The van der Waals surface area contributed by atoms with Crippen molar-refractivity contribution < 1.29 is 91.4 Å². The van der Waals surface area contributed by atoms with Crippen molar-refractivity contribution in [3.05, 3.63) is 215 Å². The van der Waals surface area contributed by atoms with E-state index in [2.05, 4.69) is 176 Å². The van der Waals surface area contributed by atoms with Crippen LogP contribution in [0.5, 0.6) is 11.5 Å². The zero-order chi connectivity index (χ0) is 91.8. The number of amidine groups is 1. The number of carboxylic acids is 1. The van der Waals surface area contributed by atoms with Crippen molar-refractivity contribution in [3.63, 3.8) is 0 Å². The van der Waals surface area contributed by atoms with Gasteiger partial charge in [-0.25, -0.2) is 62.9 Å². The molecule has 42 heteroatoms. The Bertz CT molecular complexity index is 6350. The molecule has 0 bridgehead atoms. The Morgan fingerprint density at radius 3 is 1.43 bits per heavy atom. The molecule has 21 rings (SSSR count). The first kappa shape index (κ1) is 92.6. The molecule has 7 aliphatic rings. The van der Waals surface area contributed by atoms with Gasteiger partial charge in [-0.3, -0.25) is 9.88 Å². The number of carbonyl (C=O) groups excluding carboxylic acids is 4. The summed E-state index contributed by atoms with van der Waals surface area (Å²) in [6.07, 6.45) is 12.1. The van der Waals surface area contributed by atoms with E-state index in [0.717, 1.165) is 158 Å². The molecular formula is C93H97ClN27NaO13. The van der Waals surface area contributed by atoms with E-state index in [0.29, 0.717) is 147 Å². The SMILES string of the molecule is CCOC(=O)N1CCN(C2=Nc3nnnn3C3CC4CN(Cc5ccccc5)CCC4C23)CC1.CCOC(=O)c1ccc(Nc2nc3nonc3nc2N2CCC(Oc3ccncc3)CC2)cc1.COC(=O)c1ccc(Nc2nc3nonc3nc2N2CCC(Oc3ccc(Cl)cc3)CC2)cc1.O=C([O-])c1ccc(Nc2nc3nonc3nc2N2CCC(Cc3ccccc3)CC2)cc1.[Na+]. The largest absolute Gasteiger partial charge is 1.00 e. The molecule has 1 amide bonds. The van der Waals surface area contributed by atoms with Gasteiger partial charge < -0.3 is 74.0 Å². The van der Waals surface area contributed by atoms with E-state index >= 15 is 0 Å². The molecule has 690 valence electrons. The number of rotatable bonds is 22. The third-order valence-electron chi connectivity index (χ3n) is 24.7. The summed E-state index contributed by atoms with van der Waals surface area (Å²) in [7, 11) is 1.35. The summed E-state index contributed by atoms with van der Waals surface area (Å²) in [5.41, 5.74) is 7.89. The van der Waals surface area contributed by atoms with Gasteiger partial charge >= 0.3 is 47.6 Å². The Morgan fingerprint density at radius 1 is 0.489 bits per heavy atom. The number of tetrazole rings is 1. The summed E-state index contributed by atoms with van der Waals surface area (Å²) in [6, 6.07) is 52.8. The number of carboxylic acid groups (broad SMARTS) is 1. The van der Waals surface area contributed by atoms with Gasteiger partial charge in [-0.2, -0.15) is 4.99 Å².